The van der Waals surface area contributed by atoms with Crippen LogP contribution < -0.4 is 26.6 Å². The summed E-state index contributed by atoms with van der Waals surface area (Å²) in [7, 11) is 0. The summed E-state index contributed by atoms with van der Waals surface area (Å²) in [6.07, 6.45) is -0.675. The van der Waals surface area contributed by atoms with E-state index in [0.717, 1.165) is 22.5 Å². The van der Waals surface area contributed by atoms with Crippen molar-refractivity contribution in [3.8, 4) is 5.75 Å². The number of aryl methyl sites for hydroxylation is 2. The Labute approximate surface area is 242 Å². The van der Waals surface area contributed by atoms with Crippen molar-refractivity contribution in [1.29, 1.82) is 0 Å². The maximum absolute atomic E-state index is 13.6. The van der Waals surface area contributed by atoms with E-state index in [4.69, 9.17) is 10.5 Å². The van der Waals surface area contributed by atoms with Crippen molar-refractivity contribution >= 4 is 29.7 Å². The van der Waals surface area contributed by atoms with E-state index in [1.165, 1.54) is 4.90 Å². The molecule has 1 aliphatic heterocycles. The Kier molecular flexibility index (Phi) is 10.8. The number of hydrogen-bond acceptors (Lipinski definition) is 9. The first-order chi connectivity index (χ1) is 19.9. The third kappa shape index (κ3) is 8.39. The zero-order chi connectivity index (χ0) is 30.9. The molecule has 5 amide bonds. The molecule has 1 fully saturated rings. The smallest absolute Gasteiger partial charge is 0.405 e. The number of carbonyl (C=O) groups excluding carboxylic acids is 5. The number of nitrogens with two attached hydrogens (primary N) is 1. The van der Waals surface area contributed by atoms with Crippen LogP contribution in [0.1, 0.15) is 42.3 Å². The maximum Gasteiger partial charge on any atom is 0.405 e. The van der Waals surface area contributed by atoms with Crippen LogP contribution in [-0.4, -0.2) is 77.1 Å². The van der Waals surface area contributed by atoms with Crippen LogP contribution in [0.4, 0.5) is 4.79 Å². The zero-order valence-electron chi connectivity index (χ0n) is 23.8. The Morgan fingerprint density at radius 3 is 2.38 bits per heavy atom. The number of primary amides is 1. The summed E-state index contributed by atoms with van der Waals surface area (Å²) < 4.78 is 10.2. The van der Waals surface area contributed by atoms with Crippen molar-refractivity contribution in [2.45, 2.75) is 51.7 Å². The van der Waals surface area contributed by atoms with E-state index in [1.807, 2.05) is 38.1 Å². The van der Waals surface area contributed by atoms with Gasteiger partial charge < -0.3 is 30.7 Å². The molecular weight excluding hydrogens is 548 g/mol. The minimum Gasteiger partial charge on any atom is -0.489 e. The van der Waals surface area contributed by atoms with Gasteiger partial charge in [0.2, 0.25) is 11.8 Å². The lowest BCUT2D eigenvalue weighted by Crippen LogP contribution is -2.50. The summed E-state index contributed by atoms with van der Waals surface area (Å²) >= 11 is 0. The zero-order valence-corrected chi connectivity index (χ0v) is 23.8. The fraction of sp³-hybridized carbons (Fsp3) is 0.429. The van der Waals surface area contributed by atoms with Crippen molar-refractivity contribution < 1.29 is 38.7 Å². The van der Waals surface area contributed by atoms with Gasteiger partial charge in [-0.1, -0.05) is 12.1 Å². The first-order valence-electron chi connectivity index (χ1n) is 13.3. The number of nitrogens with one attached hydrogen (secondary N) is 3. The van der Waals surface area contributed by atoms with Gasteiger partial charge in [-0.05, 0) is 69.0 Å². The van der Waals surface area contributed by atoms with Gasteiger partial charge in [-0.25, -0.2) is 10.3 Å². The molecule has 0 radical (unpaired) electrons. The fourth-order valence-electron chi connectivity index (χ4n) is 4.81. The molecular formula is C28H36N6O8. The number of hydroxylamine groups is 1. The molecule has 3 rings (SSSR count). The van der Waals surface area contributed by atoms with Gasteiger partial charge in [0.1, 0.15) is 18.4 Å². The quantitative estimate of drug-likeness (QED) is 0.163. The van der Waals surface area contributed by atoms with Crippen molar-refractivity contribution in [2.75, 3.05) is 26.2 Å². The fourth-order valence-corrected chi connectivity index (χ4v) is 4.81. The molecule has 14 nitrogen and oxygen atoms in total. The number of likely N-dealkylation sites (tertiary alicyclic amines) is 1. The van der Waals surface area contributed by atoms with Crippen LogP contribution in [0, 0.1) is 13.8 Å². The lowest BCUT2D eigenvalue weighted by molar-refractivity contribution is -0.144. The first kappa shape index (κ1) is 31.8. The molecule has 42 heavy (non-hydrogen) atoms. The van der Waals surface area contributed by atoms with E-state index >= 15 is 0 Å². The highest BCUT2D eigenvalue weighted by molar-refractivity contribution is 5.94. The number of ether oxygens (including phenoxy) is 2. The van der Waals surface area contributed by atoms with Gasteiger partial charge in [0.05, 0.1) is 12.0 Å². The van der Waals surface area contributed by atoms with Crippen molar-refractivity contribution in [1.82, 2.24) is 26.0 Å². The number of pyridine rings is 1. The van der Waals surface area contributed by atoms with E-state index in [9.17, 15) is 29.2 Å². The van der Waals surface area contributed by atoms with Gasteiger partial charge in [0, 0.05) is 24.5 Å². The third-order valence-corrected chi connectivity index (χ3v) is 6.94. The summed E-state index contributed by atoms with van der Waals surface area (Å²) in [5.74, 6) is -1.73. The van der Waals surface area contributed by atoms with Crippen LogP contribution >= 0.6 is 0 Å². The Balaban J connectivity index is 1.57. The molecule has 2 heterocycles. The maximum atomic E-state index is 13.6. The summed E-state index contributed by atoms with van der Waals surface area (Å²) in [6.45, 7) is 5.23. The van der Waals surface area contributed by atoms with E-state index in [2.05, 4.69) is 20.4 Å². The second-order valence-corrected chi connectivity index (χ2v) is 10.2. The summed E-state index contributed by atoms with van der Waals surface area (Å²) in [5.41, 5.74) is 9.04. The highest BCUT2D eigenvalue weighted by Gasteiger charge is 2.47. The minimum absolute atomic E-state index is 0.0133. The SMILES string of the molecule is Cc1cc(COc2ccc(C3(C)CCN(C(CCNC(=O)CNC(=O)COC(N)=O)C(=O)NO)C3=O)cc2)cc(C)n1. The van der Waals surface area contributed by atoms with Crippen LogP contribution in [0.3, 0.4) is 0 Å². The average Bonchev–Trinajstić information content (AvgIpc) is 3.25. The van der Waals surface area contributed by atoms with Crippen LogP contribution in [-0.2, 0) is 35.9 Å². The van der Waals surface area contributed by atoms with Gasteiger partial charge in [0.25, 0.3) is 11.8 Å². The van der Waals surface area contributed by atoms with E-state index < -0.39 is 48.4 Å². The number of carbonyl (C=O) groups is 5. The molecule has 0 aliphatic carbocycles. The Bertz CT molecular complexity index is 1300. The Morgan fingerprint density at radius 2 is 1.76 bits per heavy atom. The summed E-state index contributed by atoms with van der Waals surface area (Å²) in [4.78, 5) is 65.9. The minimum atomic E-state index is -1.12. The summed E-state index contributed by atoms with van der Waals surface area (Å²) in [5, 5.41) is 14.1. The van der Waals surface area contributed by atoms with Crippen LogP contribution in [0.25, 0.3) is 0 Å². The summed E-state index contributed by atoms with van der Waals surface area (Å²) in [6, 6.07) is 10.1. The second-order valence-electron chi connectivity index (χ2n) is 10.2. The molecule has 2 atom stereocenters. The highest BCUT2D eigenvalue weighted by atomic mass is 16.5. The second kappa shape index (κ2) is 14.3. The number of nitrogens with zero attached hydrogens (tertiary/aromatic N) is 2. The first-order valence-corrected chi connectivity index (χ1v) is 13.3. The molecule has 226 valence electrons. The number of rotatable bonds is 13. The van der Waals surface area contributed by atoms with E-state index in [0.29, 0.717) is 18.8 Å². The van der Waals surface area contributed by atoms with Gasteiger partial charge in [-0.3, -0.25) is 29.4 Å². The molecule has 1 saturated heterocycles. The van der Waals surface area contributed by atoms with Gasteiger partial charge in [-0.15, -0.1) is 0 Å². The van der Waals surface area contributed by atoms with Crippen LogP contribution in [0.5, 0.6) is 5.75 Å². The molecule has 0 spiro atoms. The normalized spacial score (nSPS) is 16.9. The molecule has 2 unspecified atom stereocenters. The molecule has 1 aliphatic rings. The molecule has 6 N–H and O–H groups in total. The van der Waals surface area contributed by atoms with Crippen LogP contribution in [0.15, 0.2) is 36.4 Å². The third-order valence-electron chi connectivity index (χ3n) is 6.94. The topological polar surface area (TPSA) is 202 Å². The van der Waals surface area contributed by atoms with Gasteiger partial charge in [0.15, 0.2) is 6.61 Å². The van der Waals surface area contributed by atoms with Crippen molar-refractivity contribution in [3.63, 3.8) is 0 Å². The standard InChI is InChI=1S/C28H36N6O8/c1-17-12-19(13-18(2)32-17)15-41-21-6-4-20(5-7-21)28(3)9-11-34(26(28)38)22(25(37)33-40)8-10-30-23(35)14-31-24(36)16-42-27(29)39/h4-7,12-13,22,40H,8-11,14-16H2,1-3H3,(H2,29,39)(H,30,35)(H,31,36)(H,33,37). The van der Waals surface area contributed by atoms with Crippen molar-refractivity contribution in [3.05, 3.63) is 58.9 Å². The van der Waals surface area contributed by atoms with Gasteiger partial charge >= 0.3 is 6.09 Å². The number of amides is 5. The number of benzene rings is 1. The number of aromatic nitrogens is 1. The van der Waals surface area contributed by atoms with E-state index in [1.54, 1.807) is 24.5 Å². The average molecular weight is 585 g/mol. The predicted octanol–water partition coefficient (Wildman–Crippen LogP) is 0.359. The molecule has 0 saturated carbocycles. The Hall–Kier alpha value is -4.72. The predicted molar refractivity (Wildman–Crippen MR) is 148 cm³/mol. The molecule has 14 heteroatoms. The van der Waals surface area contributed by atoms with Crippen molar-refractivity contribution in [2.24, 2.45) is 5.73 Å². The molecule has 1 aromatic heterocycles. The molecule has 1 aromatic carbocycles. The van der Waals surface area contributed by atoms with E-state index in [-0.39, 0.29) is 25.4 Å². The van der Waals surface area contributed by atoms with Crippen LogP contribution in [0.2, 0.25) is 0 Å². The molecule has 2 aromatic rings. The Morgan fingerprint density at radius 1 is 1.10 bits per heavy atom. The number of hydrogen-bond donors (Lipinski definition) is 5. The van der Waals surface area contributed by atoms with Gasteiger partial charge in [-0.2, -0.15) is 0 Å². The monoisotopic (exact) mass is 584 g/mol. The largest absolute Gasteiger partial charge is 0.489 e. The highest BCUT2D eigenvalue weighted by Crippen LogP contribution is 2.37. The lowest BCUT2D eigenvalue weighted by atomic mass is 9.81. The molecule has 0 bridgehead atoms. The lowest BCUT2D eigenvalue weighted by Gasteiger charge is -2.29.